The zero-order valence-electron chi connectivity index (χ0n) is 16.9. The Balaban J connectivity index is 1.30. The molecule has 7 heteroatoms. The Kier molecular flexibility index (Phi) is 4.53. The molecule has 0 radical (unpaired) electrons. The van der Waals surface area contributed by atoms with E-state index in [-0.39, 0.29) is 5.91 Å². The van der Waals surface area contributed by atoms with Gasteiger partial charge in [0.05, 0.1) is 18.8 Å². The van der Waals surface area contributed by atoms with Crippen LogP contribution in [0.3, 0.4) is 0 Å². The van der Waals surface area contributed by atoms with Crippen molar-refractivity contribution in [2.45, 2.75) is 20.3 Å². The molecule has 7 nitrogen and oxygen atoms in total. The van der Waals surface area contributed by atoms with Gasteiger partial charge in [0.1, 0.15) is 0 Å². The summed E-state index contributed by atoms with van der Waals surface area (Å²) >= 11 is 0. The molecule has 0 aliphatic carbocycles. The molecule has 2 saturated heterocycles. The molecule has 0 bridgehead atoms. The monoisotopic (exact) mass is 394 g/mol. The van der Waals surface area contributed by atoms with Crippen molar-refractivity contribution in [1.29, 1.82) is 0 Å². The molecule has 2 aromatic rings. The topological polar surface area (TPSA) is 67.8 Å². The van der Waals surface area contributed by atoms with Crippen LogP contribution in [0.1, 0.15) is 28.2 Å². The van der Waals surface area contributed by atoms with E-state index in [0.717, 1.165) is 49.9 Å². The lowest BCUT2D eigenvalue weighted by Gasteiger charge is -2.23. The van der Waals surface area contributed by atoms with Crippen molar-refractivity contribution in [2.24, 2.45) is 11.8 Å². The third kappa shape index (κ3) is 3.39. The second-order valence-corrected chi connectivity index (χ2v) is 8.27. The number of nitrogens with zero attached hydrogens (tertiary/aromatic N) is 4. The zero-order chi connectivity index (χ0) is 20.0. The van der Waals surface area contributed by atoms with Crippen molar-refractivity contribution in [1.82, 2.24) is 14.9 Å². The SMILES string of the molecule is Cc1cc(C)nc(N2CC3CN(C(=O)c4cccc5c4OCCCO5)CC3C2)n1. The number of carbonyl (C=O) groups is 1. The molecule has 2 atom stereocenters. The first-order valence-corrected chi connectivity index (χ1v) is 10.3. The van der Waals surface area contributed by atoms with Gasteiger partial charge in [0.15, 0.2) is 11.5 Å². The van der Waals surface area contributed by atoms with Gasteiger partial charge in [-0.2, -0.15) is 0 Å². The molecule has 0 saturated carbocycles. The van der Waals surface area contributed by atoms with Gasteiger partial charge < -0.3 is 19.3 Å². The summed E-state index contributed by atoms with van der Waals surface area (Å²) in [6.45, 7) is 8.51. The predicted octanol–water partition coefficient (Wildman–Crippen LogP) is 2.46. The molecule has 0 spiro atoms. The fourth-order valence-electron chi connectivity index (χ4n) is 4.70. The number of hydrogen-bond donors (Lipinski definition) is 0. The van der Waals surface area contributed by atoms with Gasteiger partial charge in [-0.15, -0.1) is 0 Å². The molecule has 152 valence electrons. The fourth-order valence-corrected chi connectivity index (χ4v) is 4.70. The van der Waals surface area contributed by atoms with Gasteiger partial charge in [0.25, 0.3) is 5.91 Å². The van der Waals surface area contributed by atoms with Crippen LogP contribution < -0.4 is 14.4 Å². The Morgan fingerprint density at radius 2 is 1.69 bits per heavy atom. The van der Waals surface area contributed by atoms with Crippen LogP contribution in [0.4, 0.5) is 5.95 Å². The number of benzene rings is 1. The van der Waals surface area contributed by atoms with Gasteiger partial charge in [-0.3, -0.25) is 4.79 Å². The lowest BCUT2D eigenvalue weighted by atomic mass is 10.0. The molecule has 29 heavy (non-hydrogen) atoms. The van der Waals surface area contributed by atoms with Gasteiger partial charge in [0.2, 0.25) is 5.95 Å². The first-order chi connectivity index (χ1) is 14.1. The molecule has 1 aromatic heterocycles. The molecule has 1 aromatic carbocycles. The van der Waals surface area contributed by atoms with Crippen LogP contribution >= 0.6 is 0 Å². The van der Waals surface area contributed by atoms with E-state index in [0.29, 0.717) is 42.1 Å². The second kappa shape index (κ2) is 7.21. The molecule has 5 rings (SSSR count). The van der Waals surface area contributed by atoms with Gasteiger partial charge in [-0.05, 0) is 32.0 Å². The molecule has 4 heterocycles. The van der Waals surface area contributed by atoms with Crippen LogP contribution in [0, 0.1) is 25.7 Å². The fraction of sp³-hybridized carbons (Fsp3) is 0.500. The van der Waals surface area contributed by atoms with Crippen LogP contribution in [-0.4, -0.2) is 60.2 Å². The average molecular weight is 394 g/mol. The van der Waals surface area contributed by atoms with E-state index in [2.05, 4.69) is 14.9 Å². The number of likely N-dealkylation sites (tertiary alicyclic amines) is 1. The largest absolute Gasteiger partial charge is 0.490 e. The van der Waals surface area contributed by atoms with E-state index < -0.39 is 0 Å². The molecule has 0 N–H and O–H groups in total. The summed E-state index contributed by atoms with van der Waals surface area (Å²) < 4.78 is 11.6. The van der Waals surface area contributed by atoms with Crippen LogP contribution in [0.15, 0.2) is 24.3 Å². The van der Waals surface area contributed by atoms with E-state index in [9.17, 15) is 4.79 Å². The maximum Gasteiger partial charge on any atom is 0.257 e. The number of hydrogen-bond acceptors (Lipinski definition) is 6. The van der Waals surface area contributed by atoms with E-state index in [1.54, 1.807) is 0 Å². The average Bonchev–Trinajstić information content (AvgIpc) is 3.17. The lowest BCUT2D eigenvalue weighted by molar-refractivity contribution is 0.0778. The molecular formula is C22H26N4O3. The Labute approximate surface area is 170 Å². The van der Waals surface area contributed by atoms with E-state index in [4.69, 9.17) is 9.47 Å². The summed E-state index contributed by atoms with van der Waals surface area (Å²) in [5, 5.41) is 0. The van der Waals surface area contributed by atoms with Crippen molar-refractivity contribution in [3.63, 3.8) is 0 Å². The first kappa shape index (κ1) is 18.2. The zero-order valence-corrected chi connectivity index (χ0v) is 16.9. The maximum atomic E-state index is 13.3. The summed E-state index contributed by atoms with van der Waals surface area (Å²) in [5.41, 5.74) is 2.60. The number of fused-ring (bicyclic) bond motifs is 2. The molecular weight excluding hydrogens is 368 g/mol. The molecule has 2 unspecified atom stereocenters. The van der Waals surface area contributed by atoms with Crippen molar-refractivity contribution >= 4 is 11.9 Å². The number of rotatable bonds is 2. The second-order valence-electron chi connectivity index (χ2n) is 8.27. The minimum Gasteiger partial charge on any atom is -0.490 e. The van der Waals surface area contributed by atoms with Crippen LogP contribution in [0.5, 0.6) is 11.5 Å². The Bertz CT molecular complexity index is 913. The van der Waals surface area contributed by atoms with Crippen LogP contribution in [0.25, 0.3) is 0 Å². The molecule has 3 aliphatic heterocycles. The number of anilines is 1. The van der Waals surface area contributed by atoms with Crippen molar-refractivity contribution in [2.75, 3.05) is 44.3 Å². The quantitative estimate of drug-likeness (QED) is 0.780. The molecule has 3 aliphatic rings. The van der Waals surface area contributed by atoms with E-state index in [1.807, 2.05) is 43.0 Å². The van der Waals surface area contributed by atoms with Crippen molar-refractivity contribution < 1.29 is 14.3 Å². The summed E-state index contributed by atoms with van der Waals surface area (Å²) in [4.78, 5) is 26.7. The van der Waals surface area contributed by atoms with E-state index in [1.165, 1.54) is 0 Å². The van der Waals surface area contributed by atoms with Gasteiger partial charge in [0, 0.05) is 55.8 Å². The number of carbonyl (C=O) groups excluding carboxylic acids is 1. The Morgan fingerprint density at radius 3 is 2.41 bits per heavy atom. The normalized spacial score (nSPS) is 23.1. The van der Waals surface area contributed by atoms with Crippen LogP contribution in [0.2, 0.25) is 0 Å². The first-order valence-electron chi connectivity index (χ1n) is 10.3. The Morgan fingerprint density at radius 1 is 1.00 bits per heavy atom. The number of aromatic nitrogens is 2. The van der Waals surface area contributed by atoms with Crippen molar-refractivity contribution in [3.8, 4) is 11.5 Å². The lowest BCUT2D eigenvalue weighted by Crippen LogP contribution is -2.34. The standard InChI is InChI=1S/C22H26N4O3/c1-14-9-15(2)24-22(23-14)26-12-16-10-25(11-17(16)13-26)21(27)18-5-3-6-19-20(18)29-8-4-7-28-19/h3,5-6,9,16-17H,4,7-8,10-13H2,1-2H3. The third-order valence-corrected chi connectivity index (χ3v) is 6.03. The highest BCUT2D eigenvalue weighted by Crippen LogP contribution is 2.37. The highest BCUT2D eigenvalue weighted by Gasteiger charge is 2.43. The highest BCUT2D eigenvalue weighted by molar-refractivity contribution is 5.98. The predicted molar refractivity (Wildman–Crippen MR) is 109 cm³/mol. The minimum absolute atomic E-state index is 0.0379. The molecule has 2 fully saturated rings. The number of para-hydroxylation sites is 1. The Hall–Kier alpha value is -2.83. The molecule has 1 amide bonds. The minimum atomic E-state index is 0.0379. The summed E-state index contributed by atoms with van der Waals surface area (Å²) in [7, 11) is 0. The smallest absolute Gasteiger partial charge is 0.257 e. The van der Waals surface area contributed by atoms with E-state index >= 15 is 0 Å². The third-order valence-electron chi connectivity index (χ3n) is 6.03. The van der Waals surface area contributed by atoms with Gasteiger partial charge in [-0.1, -0.05) is 6.07 Å². The maximum absolute atomic E-state index is 13.3. The van der Waals surface area contributed by atoms with Crippen molar-refractivity contribution in [3.05, 3.63) is 41.2 Å². The van der Waals surface area contributed by atoms with Crippen LogP contribution in [-0.2, 0) is 0 Å². The summed E-state index contributed by atoms with van der Waals surface area (Å²) in [6.07, 6.45) is 0.826. The van der Waals surface area contributed by atoms with Gasteiger partial charge in [-0.25, -0.2) is 9.97 Å². The highest BCUT2D eigenvalue weighted by atomic mass is 16.5. The number of ether oxygens (including phenoxy) is 2. The summed E-state index contributed by atoms with van der Waals surface area (Å²) in [6, 6.07) is 7.59. The number of amides is 1. The number of aryl methyl sites for hydroxylation is 2. The summed E-state index contributed by atoms with van der Waals surface area (Å²) in [5.74, 6) is 3.01. The van der Waals surface area contributed by atoms with Gasteiger partial charge >= 0.3 is 0 Å².